The van der Waals surface area contributed by atoms with E-state index in [1.807, 2.05) is 12.2 Å². The topological polar surface area (TPSA) is 105 Å². The van der Waals surface area contributed by atoms with Crippen LogP contribution in [0.15, 0.2) is 48.5 Å². The first kappa shape index (κ1) is 26.8. The highest BCUT2D eigenvalue weighted by Crippen LogP contribution is 2.27. The zero-order valence-electron chi connectivity index (χ0n) is 19.7. The van der Waals surface area contributed by atoms with E-state index in [2.05, 4.69) is 0 Å². The molecule has 0 bridgehead atoms. The van der Waals surface area contributed by atoms with Crippen LogP contribution in [0.3, 0.4) is 0 Å². The number of rotatable bonds is 7. The number of hydrogen-bond acceptors (Lipinski definition) is 5. The number of aryl methyl sites for hydroxylation is 1. The molecule has 1 heterocycles. The third-order valence-corrected chi connectivity index (χ3v) is 5.75. The average Bonchev–Trinajstić information content (AvgIpc) is 2.83. The maximum Gasteiger partial charge on any atom is 0.471 e. The summed E-state index contributed by atoms with van der Waals surface area (Å²) in [5, 5.41) is 11.1. The molecule has 0 saturated carbocycles. The summed E-state index contributed by atoms with van der Waals surface area (Å²) in [5.41, 5.74) is 1.70. The number of piperidine rings is 1. The van der Waals surface area contributed by atoms with E-state index in [1.165, 1.54) is 36.1 Å². The van der Waals surface area contributed by atoms with E-state index < -0.39 is 42.4 Å². The smallest absolute Gasteiger partial charge is 0.471 e. The normalized spacial score (nSPS) is 17.6. The van der Waals surface area contributed by atoms with Gasteiger partial charge in [0.25, 0.3) is 0 Å². The summed E-state index contributed by atoms with van der Waals surface area (Å²) >= 11 is 0. The number of halogens is 3. The summed E-state index contributed by atoms with van der Waals surface area (Å²) in [6.07, 6.45) is -6.47. The molecule has 194 valence electrons. The van der Waals surface area contributed by atoms with Crippen molar-refractivity contribution in [1.82, 2.24) is 10.2 Å². The molecule has 2 N–H and O–H groups in total. The monoisotopic (exact) mass is 508 g/mol. The fourth-order valence-electron chi connectivity index (χ4n) is 3.82. The van der Waals surface area contributed by atoms with Crippen molar-refractivity contribution in [3.8, 4) is 5.75 Å². The second-order valence-corrected chi connectivity index (χ2v) is 8.63. The van der Waals surface area contributed by atoms with Gasteiger partial charge in [-0.1, -0.05) is 29.8 Å². The first-order valence-electron chi connectivity index (χ1n) is 11.3. The zero-order valence-corrected chi connectivity index (χ0v) is 19.7. The minimum absolute atomic E-state index is 0.0992. The molecule has 2 amide bonds. The first-order valence-corrected chi connectivity index (χ1v) is 11.3. The Bertz CT molecular complexity index is 1070. The summed E-state index contributed by atoms with van der Waals surface area (Å²) in [4.78, 5) is 36.3. The van der Waals surface area contributed by atoms with Crippen molar-refractivity contribution in [1.29, 1.82) is 0 Å². The Morgan fingerprint density at radius 3 is 2.31 bits per heavy atom. The lowest BCUT2D eigenvalue weighted by molar-refractivity contribution is -0.174. The Balaban J connectivity index is 1.70. The van der Waals surface area contributed by atoms with Crippen LogP contribution in [-0.4, -0.2) is 59.4 Å². The first-order chi connectivity index (χ1) is 16.9. The second kappa shape index (κ2) is 11.3. The van der Waals surface area contributed by atoms with Crippen molar-refractivity contribution in [3.05, 3.63) is 65.2 Å². The highest BCUT2D eigenvalue weighted by atomic mass is 19.4. The minimum Gasteiger partial charge on any atom is -0.484 e. The van der Waals surface area contributed by atoms with Gasteiger partial charge in [-0.05, 0) is 56.5 Å². The zero-order chi connectivity index (χ0) is 26.5. The van der Waals surface area contributed by atoms with Crippen molar-refractivity contribution in [2.75, 3.05) is 13.1 Å². The van der Waals surface area contributed by atoms with E-state index in [0.29, 0.717) is 24.9 Å². The number of carbonyl (C=O) groups is 3. The predicted octanol–water partition coefficient (Wildman–Crippen LogP) is 4.48. The minimum atomic E-state index is -5.03. The third-order valence-electron chi connectivity index (χ3n) is 5.75. The van der Waals surface area contributed by atoms with Gasteiger partial charge >= 0.3 is 24.1 Å². The highest BCUT2D eigenvalue weighted by molar-refractivity contribution is 5.89. The predicted molar refractivity (Wildman–Crippen MR) is 123 cm³/mol. The summed E-state index contributed by atoms with van der Waals surface area (Å²) in [7, 11) is 0. The molecule has 0 aliphatic carbocycles. The summed E-state index contributed by atoms with van der Waals surface area (Å²) in [6, 6.07) is 11.8. The Morgan fingerprint density at radius 2 is 1.72 bits per heavy atom. The molecule has 1 aliphatic heterocycles. The van der Waals surface area contributed by atoms with Crippen molar-refractivity contribution in [2.24, 2.45) is 0 Å². The molecule has 11 heteroatoms. The van der Waals surface area contributed by atoms with Gasteiger partial charge in [0.2, 0.25) is 0 Å². The van der Waals surface area contributed by atoms with Crippen molar-refractivity contribution < 1.29 is 42.1 Å². The number of alkyl halides is 3. The van der Waals surface area contributed by atoms with Crippen LogP contribution in [0.5, 0.6) is 5.75 Å². The number of carboxylic acid groups (broad SMARTS) is 1. The van der Waals surface area contributed by atoms with Crippen LogP contribution in [0.2, 0.25) is 0 Å². The summed E-state index contributed by atoms with van der Waals surface area (Å²) < 4.78 is 49.7. The van der Waals surface area contributed by atoms with Gasteiger partial charge in [0.05, 0.1) is 18.2 Å². The van der Waals surface area contributed by atoms with Gasteiger partial charge in [-0.2, -0.15) is 13.2 Å². The lowest BCUT2D eigenvalue weighted by Crippen LogP contribution is -2.45. The second-order valence-electron chi connectivity index (χ2n) is 8.63. The molecule has 1 aliphatic rings. The maximum atomic E-state index is 12.8. The molecule has 1 saturated heterocycles. The Morgan fingerprint density at radius 1 is 1.08 bits per heavy atom. The molecule has 3 rings (SSSR count). The van der Waals surface area contributed by atoms with Crippen LogP contribution in [0.1, 0.15) is 47.4 Å². The largest absolute Gasteiger partial charge is 0.484 e. The summed E-state index contributed by atoms with van der Waals surface area (Å²) in [5.74, 6) is -2.43. The molecular weight excluding hydrogens is 481 g/mol. The number of benzene rings is 2. The highest BCUT2D eigenvalue weighted by Gasteiger charge is 2.40. The Labute approximate surface area is 206 Å². The Hall–Kier alpha value is -3.76. The molecular formula is C25H27F3N2O6. The molecule has 0 aromatic heterocycles. The SMILES string of the molecule is Cc1ccc(C(Oc2ccc(C(=O)O[C@H]3CCCN(C(=O)O)C3)cc2)C(C)NC(=O)C(F)(F)F)cc1. The van der Waals surface area contributed by atoms with Gasteiger partial charge in [-0.25, -0.2) is 9.59 Å². The van der Waals surface area contributed by atoms with Crippen LogP contribution in [-0.2, 0) is 9.53 Å². The van der Waals surface area contributed by atoms with Gasteiger partial charge in [0, 0.05) is 6.54 Å². The van der Waals surface area contributed by atoms with Gasteiger partial charge in [0.1, 0.15) is 18.0 Å². The number of amides is 2. The average molecular weight is 508 g/mol. The Kier molecular flexibility index (Phi) is 8.44. The van der Waals surface area contributed by atoms with Crippen molar-refractivity contribution in [2.45, 2.75) is 51.1 Å². The van der Waals surface area contributed by atoms with Crippen LogP contribution in [0.4, 0.5) is 18.0 Å². The molecule has 2 aromatic rings. The number of nitrogens with zero attached hydrogens (tertiary/aromatic N) is 1. The summed E-state index contributed by atoms with van der Waals surface area (Å²) in [6.45, 7) is 3.75. The maximum absolute atomic E-state index is 12.8. The quantitative estimate of drug-likeness (QED) is 0.535. The van der Waals surface area contributed by atoms with Crippen LogP contribution >= 0.6 is 0 Å². The third kappa shape index (κ3) is 7.12. The van der Waals surface area contributed by atoms with Crippen molar-refractivity contribution in [3.63, 3.8) is 0 Å². The lowest BCUT2D eigenvalue weighted by Gasteiger charge is -2.30. The fourth-order valence-corrected chi connectivity index (χ4v) is 3.82. The number of hydrogen-bond donors (Lipinski definition) is 2. The van der Waals surface area contributed by atoms with Gasteiger partial charge in [-0.3, -0.25) is 4.79 Å². The van der Waals surface area contributed by atoms with Crippen LogP contribution in [0.25, 0.3) is 0 Å². The molecule has 0 spiro atoms. The van der Waals surface area contributed by atoms with E-state index in [0.717, 1.165) is 5.56 Å². The molecule has 2 aromatic carbocycles. The van der Waals surface area contributed by atoms with Gasteiger partial charge < -0.3 is 24.8 Å². The molecule has 8 nitrogen and oxygen atoms in total. The number of carbonyl (C=O) groups excluding carboxylic acids is 2. The standard InChI is InChI=1S/C25H27F3N2O6/c1-15-5-7-17(8-6-15)21(16(2)29-23(32)25(26,27)28)35-19-11-9-18(10-12-19)22(31)36-20-4-3-13-30(14-20)24(33)34/h5-12,16,20-21H,3-4,13-14H2,1-2H3,(H,29,32)(H,33,34)/t16?,20-,21?/m0/s1. The van der Waals surface area contributed by atoms with E-state index >= 15 is 0 Å². The van der Waals surface area contributed by atoms with Crippen LogP contribution < -0.4 is 10.1 Å². The van der Waals surface area contributed by atoms with Gasteiger partial charge in [0.15, 0.2) is 0 Å². The molecule has 0 radical (unpaired) electrons. The lowest BCUT2D eigenvalue weighted by atomic mass is 10.0. The fraction of sp³-hybridized carbons (Fsp3) is 0.400. The number of ether oxygens (including phenoxy) is 2. The van der Waals surface area contributed by atoms with Crippen LogP contribution in [0, 0.1) is 6.92 Å². The van der Waals surface area contributed by atoms with E-state index in [-0.39, 0.29) is 17.9 Å². The number of esters is 1. The van der Waals surface area contributed by atoms with E-state index in [4.69, 9.17) is 14.6 Å². The molecule has 2 unspecified atom stereocenters. The van der Waals surface area contributed by atoms with E-state index in [1.54, 1.807) is 24.3 Å². The number of nitrogens with one attached hydrogen (secondary N) is 1. The number of likely N-dealkylation sites (tertiary alicyclic amines) is 1. The molecule has 1 fully saturated rings. The van der Waals surface area contributed by atoms with Gasteiger partial charge in [-0.15, -0.1) is 0 Å². The van der Waals surface area contributed by atoms with Crippen molar-refractivity contribution >= 4 is 18.0 Å². The molecule has 3 atom stereocenters. The van der Waals surface area contributed by atoms with E-state index in [9.17, 15) is 27.6 Å². The molecule has 36 heavy (non-hydrogen) atoms.